The average Bonchev–Trinajstić information content (AvgIpc) is 2.98. The number of aromatic nitrogens is 3. The van der Waals surface area contributed by atoms with Crippen LogP contribution in [0.15, 0.2) is 27.8 Å². The normalized spacial score (nSPS) is 15.3. The van der Waals surface area contributed by atoms with Crippen molar-refractivity contribution in [3.05, 3.63) is 34.1 Å². The van der Waals surface area contributed by atoms with Crippen molar-refractivity contribution in [2.75, 3.05) is 16.9 Å². The standard InChI is InChI=1S/C17H22BrN5OS/c1-11-7-8-13(9-14(11)18)20-15(24)10-25-17-22-21-16(23(17)19)12-5-3-2-4-6-12/h7-9,12H,2-6,10,19H2,1H3,(H,20,24). The van der Waals surface area contributed by atoms with Gasteiger partial charge < -0.3 is 11.2 Å². The fourth-order valence-electron chi connectivity index (χ4n) is 3.02. The number of rotatable bonds is 5. The number of carbonyl (C=O) groups excluding carboxylic acids is 1. The van der Waals surface area contributed by atoms with Crippen LogP contribution in [0.1, 0.15) is 49.4 Å². The first-order valence-electron chi connectivity index (χ1n) is 8.44. The molecular formula is C17H22BrN5OS. The Bertz CT molecular complexity index is 757. The van der Waals surface area contributed by atoms with Gasteiger partial charge in [-0.3, -0.25) is 4.79 Å². The highest BCUT2D eigenvalue weighted by Crippen LogP contribution is 2.32. The molecule has 1 heterocycles. The molecule has 25 heavy (non-hydrogen) atoms. The highest BCUT2D eigenvalue weighted by atomic mass is 79.9. The van der Waals surface area contributed by atoms with E-state index in [9.17, 15) is 4.79 Å². The van der Waals surface area contributed by atoms with Crippen LogP contribution in [0, 0.1) is 6.92 Å². The lowest BCUT2D eigenvalue weighted by molar-refractivity contribution is -0.113. The summed E-state index contributed by atoms with van der Waals surface area (Å²) in [4.78, 5) is 12.2. The van der Waals surface area contributed by atoms with E-state index in [4.69, 9.17) is 5.84 Å². The summed E-state index contributed by atoms with van der Waals surface area (Å²) in [5.41, 5.74) is 1.89. The molecule has 6 nitrogen and oxygen atoms in total. The third-order valence-electron chi connectivity index (χ3n) is 4.45. The third-order valence-corrected chi connectivity index (χ3v) is 6.25. The maximum Gasteiger partial charge on any atom is 0.234 e. The molecule has 1 saturated carbocycles. The molecule has 0 spiro atoms. The third kappa shape index (κ3) is 4.55. The van der Waals surface area contributed by atoms with Crippen LogP contribution in [-0.4, -0.2) is 26.5 Å². The molecule has 2 aromatic rings. The van der Waals surface area contributed by atoms with Crippen molar-refractivity contribution in [2.24, 2.45) is 0 Å². The number of nitrogens with two attached hydrogens (primary N) is 1. The summed E-state index contributed by atoms with van der Waals surface area (Å²) < 4.78 is 2.52. The minimum absolute atomic E-state index is 0.0945. The van der Waals surface area contributed by atoms with Crippen molar-refractivity contribution in [1.29, 1.82) is 0 Å². The fraction of sp³-hybridized carbons (Fsp3) is 0.471. The number of nitrogen functional groups attached to an aromatic ring is 1. The van der Waals surface area contributed by atoms with Crippen LogP contribution in [0.5, 0.6) is 0 Å². The van der Waals surface area contributed by atoms with E-state index in [0.29, 0.717) is 11.1 Å². The maximum atomic E-state index is 12.2. The Balaban J connectivity index is 1.56. The second kappa shape index (κ2) is 8.23. The first-order valence-corrected chi connectivity index (χ1v) is 10.2. The van der Waals surface area contributed by atoms with Gasteiger partial charge in [0.2, 0.25) is 11.1 Å². The van der Waals surface area contributed by atoms with Crippen molar-refractivity contribution >= 4 is 39.3 Å². The highest BCUT2D eigenvalue weighted by Gasteiger charge is 2.22. The summed E-state index contributed by atoms with van der Waals surface area (Å²) in [7, 11) is 0. The Kier molecular flexibility index (Phi) is 6.01. The van der Waals surface area contributed by atoms with Gasteiger partial charge in [-0.05, 0) is 37.5 Å². The quantitative estimate of drug-likeness (QED) is 0.563. The molecule has 134 valence electrons. The molecule has 1 amide bonds. The van der Waals surface area contributed by atoms with Crippen molar-refractivity contribution < 1.29 is 4.79 Å². The fourth-order valence-corrected chi connectivity index (χ4v) is 4.07. The topological polar surface area (TPSA) is 85.8 Å². The predicted octanol–water partition coefficient (Wildman–Crippen LogP) is 3.84. The zero-order valence-electron chi connectivity index (χ0n) is 14.2. The lowest BCUT2D eigenvalue weighted by Crippen LogP contribution is -2.19. The van der Waals surface area contributed by atoms with Crippen molar-refractivity contribution in [3.8, 4) is 0 Å². The Morgan fingerprint density at radius 3 is 2.84 bits per heavy atom. The summed E-state index contributed by atoms with van der Waals surface area (Å²) in [6.07, 6.45) is 5.95. The molecule has 3 rings (SSSR count). The molecular weight excluding hydrogens is 402 g/mol. The molecule has 8 heteroatoms. The number of hydrogen-bond donors (Lipinski definition) is 2. The Hall–Kier alpha value is -1.54. The van der Waals surface area contributed by atoms with Gasteiger partial charge in [0.1, 0.15) is 0 Å². The van der Waals surface area contributed by atoms with Gasteiger partial charge in [-0.2, -0.15) is 0 Å². The van der Waals surface area contributed by atoms with E-state index in [1.54, 1.807) is 4.68 Å². The Morgan fingerprint density at radius 2 is 2.12 bits per heavy atom. The van der Waals surface area contributed by atoms with Crippen molar-refractivity contribution in [2.45, 2.75) is 50.1 Å². The van der Waals surface area contributed by atoms with Crippen LogP contribution >= 0.6 is 27.7 Å². The van der Waals surface area contributed by atoms with E-state index in [1.165, 1.54) is 31.0 Å². The molecule has 1 aliphatic rings. The van der Waals surface area contributed by atoms with Crippen molar-refractivity contribution in [1.82, 2.24) is 14.9 Å². The summed E-state index contributed by atoms with van der Waals surface area (Å²) in [5, 5.41) is 11.9. The molecule has 0 atom stereocenters. The number of nitrogens with one attached hydrogen (secondary N) is 1. The molecule has 0 unspecified atom stereocenters. The van der Waals surface area contributed by atoms with E-state index in [0.717, 1.165) is 34.4 Å². The molecule has 1 aromatic heterocycles. The van der Waals surface area contributed by atoms with E-state index < -0.39 is 0 Å². The number of amides is 1. The van der Waals surface area contributed by atoms with E-state index >= 15 is 0 Å². The van der Waals surface area contributed by atoms with Crippen LogP contribution in [0.3, 0.4) is 0 Å². The second-order valence-electron chi connectivity index (χ2n) is 6.35. The van der Waals surface area contributed by atoms with Gasteiger partial charge in [0.15, 0.2) is 5.82 Å². The molecule has 1 aromatic carbocycles. The maximum absolute atomic E-state index is 12.2. The Morgan fingerprint density at radius 1 is 1.36 bits per heavy atom. The SMILES string of the molecule is Cc1ccc(NC(=O)CSc2nnc(C3CCCCC3)n2N)cc1Br. The molecule has 0 saturated heterocycles. The number of aryl methyl sites for hydroxylation is 1. The molecule has 1 aliphatic carbocycles. The highest BCUT2D eigenvalue weighted by molar-refractivity contribution is 9.10. The molecule has 0 radical (unpaired) electrons. The smallest absolute Gasteiger partial charge is 0.234 e. The van der Waals surface area contributed by atoms with Gasteiger partial charge in [-0.1, -0.05) is 53.0 Å². The lowest BCUT2D eigenvalue weighted by atomic mass is 9.89. The zero-order chi connectivity index (χ0) is 17.8. The summed E-state index contributed by atoms with van der Waals surface area (Å²) in [5.74, 6) is 7.52. The molecule has 1 fully saturated rings. The molecule has 3 N–H and O–H groups in total. The van der Waals surface area contributed by atoms with Gasteiger partial charge >= 0.3 is 0 Å². The monoisotopic (exact) mass is 423 g/mol. The van der Waals surface area contributed by atoms with E-state index in [1.807, 2.05) is 25.1 Å². The van der Waals surface area contributed by atoms with Crippen LogP contribution in [0.4, 0.5) is 5.69 Å². The van der Waals surface area contributed by atoms with Gasteiger partial charge in [0.25, 0.3) is 0 Å². The van der Waals surface area contributed by atoms with Gasteiger partial charge in [-0.15, -0.1) is 10.2 Å². The first-order chi connectivity index (χ1) is 12.0. The summed E-state index contributed by atoms with van der Waals surface area (Å²) in [6, 6.07) is 5.74. The van der Waals surface area contributed by atoms with Gasteiger partial charge in [0, 0.05) is 16.1 Å². The number of nitrogens with zero attached hydrogens (tertiary/aromatic N) is 3. The molecule has 0 aliphatic heterocycles. The Labute approximate surface area is 160 Å². The molecule has 0 bridgehead atoms. The second-order valence-corrected chi connectivity index (χ2v) is 8.14. The predicted molar refractivity (Wildman–Crippen MR) is 104 cm³/mol. The summed E-state index contributed by atoms with van der Waals surface area (Å²) >= 11 is 4.77. The zero-order valence-corrected chi connectivity index (χ0v) is 16.6. The van der Waals surface area contributed by atoms with Gasteiger partial charge in [-0.25, -0.2) is 4.68 Å². The average molecular weight is 424 g/mol. The van der Waals surface area contributed by atoms with Gasteiger partial charge in [0.05, 0.1) is 5.75 Å². The number of hydrogen-bond acceptors (Lipinski definition) is 5. The first kappa shape index (κ1) is 18.3. The van der Waals surface area contributed by atoms with Crippen LogP contribution in [0.2, 0.25) is 0 Å². The van der Waals surface area contributed by atoms with Crippen molar-refractivity contribution in [3.63, 3.8) is 0 Å². The number of benzene rings is 1. The number of halogens is 1. The number of thioether (sulfide) groups is 1. The van der Waals surface area contributed by atoms with E-state index in [-0.39, 0.29) is 11.7 Å². The van der Waals surface area contributed by atoms with Crippen LogP contribution < -0.4 is 11.2 Å². The summed E-state index contributed by atoms with van der Waals surface area (Å²) in [6.45, 7) is 2.00. The van der Waals surface area contributed by atoms with Crippen LogP contribution in [0.25, 0.3) is 0 Å². The minimum Gasteiger partial charge on any atom is -0.336 e. The lowest BCUT2D eigenvalue weighted by Gasteiger charge is -2.20. The van der Waals surface area contributed by atoms with E-state index in [2.05, 4.69) is 31.4 Å². The number of anilines is 1. The minimum atomic E-state index is -0.0945. The largest absolute Gasteiger partial charge is 0.336 e. The van der Waals surface area contributed by atoms with Crippen LogP contribution in [-0.2, 0) is 4.79 Å². The number of carbonyl (C=O) groups is 1.